The van der Waals surface area contributed by atoms with Crippen LogP contribution in [0, 0.1) is 17.6 Å². The van der Waals surface area contributed by atoms with Crippen LogP contribution < -0.4 is 5.32 Å². The lowest BCUT2D eigenvalue weighted by molar-refractivity contribution is -0.120. The summed E-state index contributed by atoms with van der Waals surface area (Å²) in [4.78, 5) is 28.9. The van der Waals surface area contributed by atoms with Gasteiger partial charge in [0.05, 0.1) is 10.6 Å². The molecule has 2 amide bonds. The fourth-order valence-electron chi connectivity index (χ4n) is 3.75. The van der Waals surface area contributed by atoms with E-state index in [1.165, 1.54) is 17.4 Å². The third-order valence-corrected chi connectivity index (χ3v) is 6.47. The van der Waals surface area contributed by atoms with Gasteiger partial charge in [0.15, 0.2) is 0 Å². The number of rotatable bonds is 3. The Morgan fingerprint density at radius 3 is 2.67 bits per heavy atom. The largest absolute Gasteiger partial charge is 0.338 e. The number of aryl methyl sites for hydroxylation is 1. The zero-order valence-electron chi connectivity index (χ0n) is 14.8. The molecular weight excluding hydrogens is 370 g/mol. The second-order valence-corrected chi connectivity index (χ2v) is 8.25. The Kier molecular flexibility index (Phi) is 4.95. The van der Waals surface area contributed by atoms with Gasteiger partial charge >= 0.3 is 0 Å². The van der Waals surface area contributed by atoms with Gasteiger partial charge in [-0.25, -0.2) is 8.78 Å². The average molecular weight is 390 g/mol. The summed E-state index contributed by atoms with van der Waals surface area (Å²) >= 11 is 1.53. The molecule has 1 N–H and O–H groups in total. The average Bonchev–Trinajstić information content (AvgIpc) is 3.32. The third kappa shape index (κ3) is 3.74. The maximum Gasteiger partial charge on any atom is 0.263 e. The highest BCUT2D eigenvalue weighted by molar-refractivity contribution is 7.14. The van der Waals surface area contributed by atoms with E-state index in [4.69, 9.17) is 0 Å². The molecule has 0 radical (unpaired) electrons. The zero-order chi connectivity index (χ0) is 19.0. The van der Waals surface area contributed by atoms with Gasteiger partial charge in [0.25, 0.3) is 5.91 Å². The van der Waals surface area contributed by atoms with Gasteiger partial charge in [-0.15, -0.1) is 11.3 Å². The predicted octanol–water partition coefficient (Wildman–Crippen LogP) is 4.01. The van der Waals surface area contributed by atoms with E-state index in [9.17, 15) is 18.4 Å². The van der Waals surface area contributed by atoms with Gasteiger partial charge in [0.2, 0.25) is 5.91 Å². The molecule has 1 atom stereocenters. The van der Waals surface area contributed by atoms with Crippen LogP contribution in [0.5, 0.6) is 0 Å². The molecule has 0 spiro atoms. The number of amides is 2. The Morgan fingerprint density at radius 1 is 1.15 bits per heavy atom. The summed E-state index contributed by atoms with van der Waals surface area (Å²) in [6, 6.07) is 5.02. The Morgan fingerprint density at radius 2 is 1.93 bits per heavy atom. The maximum atomic E-state index is 13.8. The van der Waals surface area contributed by atoms with Crippen molar-refractivity contribution in [2.75, 3.05) is 18.4 Å². The molecule has 142 valence electrons. The first kappa shape index (κ1) is 18.1. The fourth-order valence-corrected chi connectivity index (χ4v) is 4.93. The van der Waals surface area contributed by atoms with E-state index in [2.05, 4.69) is 5.32 Å². The molecule has 27 heavy (non-hydrogen) atoms. The van der Waals surface area contributed by atoms with Gasteiger partial charge < -0.3 is 10.2 Å². The van der Waals surface area contributed by atoms with Crippen LogP contribution in [0.1, 0.15) is 39.4 Å². The van der Waals surface area contributed by atoms with Crippen LogP contribution in [-0.2, 0) is 17.6 Å². The third-order valence-electron chi connectivity index (χ3n) is 5.25. The summed E-state index contributed by atoms with van der Waals surface area (Å²) in [5.41, 5.74) is 1.02. The van der Waals surface area contributed by atoms with Crippen molar-refractivity contribution in [3.63, 3.8) is 0 Å². The van der Waals surface area contributed by atoms with E-state index in [0.29, 0.717) is 12.8 Å². The number of carbonyl (C=O) groups excluding carboxylic acids is 2. The van der Waals surface area contributed by atoms with Gasteiger partial charge in [-0.3, -0.25) is 9.59 Å². The lowest BCUT2D eigenvalue weighted by atomic mass is 9.87. The standard InChI is InChI=1S/C20H20F2N2O2S/c21-14-4-5-16(15(22)11-14)23-19(25)12-3-6-17-13(9-12)10-18(27-17)20(26)24-7-1-2-8-24/h4-5,10-12H,1-3,6-9H2,(H,23,25)/t12-/m1/s1. The van der Waals surface area contributed by atoms with Crippen molar-refractivity contribution in [3.8, 4) is 0 Å². The molecule has 2 aliphatic rings. The number of nitrogens with zero attached hydrogens (tertiary/aromatic N) is 1. The number of carbonyl (C=O) groups is 2. The molecule has 1 aliphatic carbocycles. The van der Waals surface area contributed by atoms with Crippen LogP contribution in [-0.4, -0.2) is 29.8 Å². The predicted molar refractivity (Wildman–Crippen MR) is 100.0 cm³/mol. The van der Waals surface area contributed by atoms with Crippen LogP contribution in [0.3, 0.4) is 0 Å². The van der Waals surface area contributed by atoms with Crippen LogP contribution in [0.2, 0.25) is 0 Å². The van der Waals surface area contributed by atoms with Crippen molar-refractivity contribution < 1.29 is 18.4 Å². The molecule has 1 fully saturated rings. The van der Waals surface area contributed by atoms with Gasteiger partial charge in [0.1, 0.15) is 11.6 Å². The lowest BCUT2D eigenvalue weighted by Crippen LogP contribution is -2.28. The quantitative estimate of drug-likeness (QED) is 0.861. The Hall–Kier alpha value is -2.28. The van der Waals surface area contributed by atoms with Gasteiger partial charge in [-0.2, -0.15) is 0 Å². The maximum absolute atomic E-state index is 13.8. The van der Waals surface area contributed by atoms with Crippen molar-refractivity contribution in [1.29, 1.82) is 0 Å². The molecule has 0 bridgehead atoms. The molecule has 1 saturated heterocycles. The number of fused-ring (bicyclic) bond motifs is 1. The summed E-state index contributed by atoms with van der Waals surface area (Å²) in [5.74, 6) is -1.94. The number of halogens is 2. The summed E-state index contributed by atoms with van der Waals surface area (Å²) in [6.45, 7) is 1.63. The Bertz CT molecular complexity index is 890. The fraction of sp³-hybridized carbons (Fsp3) is 0.400. The van der Waals surface area contributed by atoms with E-state index in [-0.39, 0.29) is 23.4 Å². The van der Waals surface area contributed by atoms with Crippen molar-refractivity contribution in [1.82, 2.24) is 4.90 Å². The summed E-state index contributed by atoms with van der Waals surface area (Å²) in [6.07, 6.45) is 4.03. The normalized spacial score (nSPS) is 19.0. The number of nitrogens with one attached hydrogen (secondary N) is 1. The van der Waals surface area contributed by atoms with Gasteiger partial charge in [-0.05, 0) is 55.9 Å². The van der Waals surface area contributed by atoms with Crippen molar-refractivity contribution >= 4 is 28.8 Å². The van der Waals surface area contributed by atoms with Crippen LogP contribution in [0.15, 0.2) is 24.3 Å². The molecule has 2 heterocycles. The first-order valence-corrected chi connectivity index (χ1v) is 9.99. The van der Waals surface area contributed by atoms with Crippen molar-refractivity contribution in [2.45, 2.75) is 32.1 Å². The molecule has 7 heteroatoms. The lowest BCUT2D eigenvalue weighted by Gasteiger charge is -2.21. The van der Waals surface area contributed by atoms with Crippen LogP contribution in [0.4, 0.5) is 14.5 Å². The Balaban J connectivity index is 1.44. The number of likely N-dealkylation sites (tertiary alicyclic amines) is 1. The van der Waals surface area contributed by atoms with Crippen LogP contribution >= 0.6 is 11.3 Å². The van der Waals surface area contributed by atoms with Crippen molar-refractivity contribution in [2.24, 2.45) is 5.92 Å². The summed E-state index contributed by atoms with van der Waals surface area (Å²) < 4.78 is 26.8. The molecule has 4 rings (SSSR count). The molecule has 1 aromatic heterocycles. The molecular formula is C20H20F2N2O2S. The van der Waals surface area contributed by atoms with E-state index in [1.807, 2.05) is 11.0 Å². The number of anilines is 1. The minimum absolute atomic E-state index is 0.0117. The molecule has 2 aromatic rings. The zero-order valence-corrected chi connectivity index (χ0v) is 15.6. The second-order valence-electron chi connectivity index (χ2n) is 7.11. The van der Waals surface area contributed by atoms with E-state index in [1.54, 1.807) is 0 Å². The topological polar surface area (TPSA) is 49.4 Å². The van der Waals surface area contributed by atoms with Crippen LogP contribution in [0.25, 0.3) is 0 Å². The first-order valence-electron chi connectivity index (χ1n) is 9.18. The van der Waals surface area contributed by atoms with Gasteiger partial charge in [-0.1, -0.05) is 0 Å². The summed E-state index contributed by atoms with van der Waals surface area (Å²) in [7, 11) is 0. The number of hydrogen-bond acceptors (Lipinski definition) is 3. The van der Waals surface area contributed by atoms with Crippen molar-refractivity contribution in [3.05, 3.63) is 51.2 Å². The minimum atomic E-state index is -0.783. The van der Waals surface area contributed by atoms with E-state index < -0.39 is 11.6 Å². The number of thiophene rings is 1. The molecule has 1 aliphatic heterocycles. The SMILES string of the molecule is O=C(Nc1ccc(F)cc1F)[C@@H]1CCc2sc(C(=O)N3CCCC3)cc2C1. The highest BCUT2D eigenvalue weighted by Gasteiger charge is 2.29. The summed E-state index contributed by atoms with van der Waals surface area (Å²) in [5, 5.41) is 2.56. The smallest absolute Gasteiger partial charge is 0.263 e. The molecule has 1 aromatic carbocycles. The van der Waals surface area contributed by atoms with E-state index >= 15 is 0 Å². The molecule has 0 unspecified atom stereocenters. The Labute approximate surface area is 160 Å². The highest BCUT2D eigenvalue weighted by Crippen LogP contribution is 2.34. The minimum Gasteiger partial charge on any atom is -0.338 e. The number of hydrogen-bond donors (Lipinski definition) is 1. The first-order chi connectivity index (χ1) is 13.0. The van der Waals surface area contributed by atoms with E-state index in [0.717, 1.165) is 59.8 Å². The molecule has 0 saturated carbocycles. The van der Waals surface area contributed by atoms with Gasteiger partial charge in [0, 0.05) is 30.0 Å². The second kappa shape index (κ2) is 7.38. The highest BCUT2D eigenvalue weighted by atomic mass is 32.1. The number of benzene rings is 1. The monoisotopic (exact) mass is 390 g/mol. The molecule has 4 nitrogen and oxygen atoms in total.